The number of carbonyl (C=O) groups excluding carboxylic acids is 2. The topological polar surface area (TPSA) is 81.0 Å². The van der Waals surface area contributed by atoms with Gasteiger partial charge in [-0.1, -0.05) is 18.2 Å². The van der Waals surface area contributed by atoms with Gasteiger partial charge in [0.05, 0.1) is 12.0 Å². The summed E-state index contributed by atoms with van der Waals surface area (Å²) < 4.78 is 16.6. The zero-order chi connectivity index (χ0) is 21.6. The molecule has 0 spiro atoms. The van der Waals surface area contributed by atoms with Crippen LogP contribution in [0.5, 0.6) is 5.75 Å². The number of carbonyl (C=O) groups is 2. The Labute approximate surface area is 177 Å². The number of benzene rings is 1. The molecular weight excluding hydrogens is 384 g/mol. The molecule has 1 amide bonds. The quantitative estimate of drug-likeness (QED) is 0.365. The van der Waals surface area contributed by atoms with Gasteiger partial charge in [-0.2, -0.15) is 0 Å². The fourth-order valence-electron chi connectivity index (χ4n) is 3.51. The van der Waals surface area contributed by atoms with E-state index in [2.05, 4.69) is 11.4 Å². The lowest BCUT2D eigenvalue weighted by Crippen LogP contribution is -2.44. The minimum absolute atomic E-state index is 0.112. The molecule has 1 N–H and O–H groups in total. The maximum atomic E-state index is 12.8. The van der Waals surface area contributed by atoms with E-state index in [0.717, 1.165) is 18.7 Å². The summed E-state index contributed by atoms with van der Waals surface area (Å²) >= 11 is 0. The minimum Gasteiger partial charge on any atom is -0.488 e. The number of anilines is 1. The summed E-state index contributed by atoms with van der Waals surface area (Å²) in [5.74, 6) is 0.529. The second-order valence-electron chi connectivity index (χ2n) is 8.44. The number of para-hydroxylation sites is 1. The van der Waals surface area contributed by atoms with E-state index in [1.165, 1.54) is 23.0 Å². The zero-order valence-corrected chi connectivity index (χ0v) is 17.8. The van der Waals surface area contributed by atoms with Crippen LogP contribution in [0.25, 0.3) is 0 Å². The van der Waals surface area contributed by atoms with Gasteiger partial charge in [0.15, 0.2) is 0 Å². The molecule has 2 aromatic rings. The average Bonchev–Trinajstić information content (AvgIpc) is 3.35. The number of hydrogen-bond acceptors (Lipinski definition) is 6. The zero-order valence-electron chi connectivity index (χ0n) is 17.8. The third kappa shape index (κ3) is 5.86. The van der Waals surface area contributed by atoms with E-state index in [4.69, 9.17) is 13.9 Å². The highest BCUT2D eigenvalue weighted by molar-refractivity contribution is 5.89. The van der Waals surface area contributed by atoms with Gasteiger partial charge >= 0.3 is 5.97 Å². The smallest absolute Gasteiger partial charge is 0.329 e. The molecule has 1 aromatic carbocycles. The van der Waals surface area contributed by atoms with Crippen molar-refractivity contribution in [2.75, 3.05) is 18.0 Å². The van der Waals surface area contributed by atoms with Crippen molar-refractivity contribution >= 4 is 18.1 Å². The van der Waals surface area contributed by atoms with E-state index in [1.807, 2.05) is 39.0 Å². The van der Waals surface area contributed by atoms with Crippen LogP contribution in [0, 0.1) is 0 Å². The van der Waals surface area contributed by atoms with Crippen LogP contribution < -0.4 is 15.0 Å². The van der Waals surface area contributed by atoms with Crippen LogP contribution in [0.4, 0.5) is 5.69 Å². The van der Waals surface area contributed by atoms with Crippen LogP contribution in [-0.2, 0) is 20.7 Å². The van der Waals surface area contributed by atoms with Crippen molar-refractivity contribution in [3.63, 3.8) is 0 Å². The molecule has 1 aliphatic heterocycles. The molecule has 2 atom stereocenters. The highest BCUT2D eigenvalue weighted by Crippen LogP contribution is 2.27. The van der Waals surface area contributed by atoms with Crippen LogP contribution >= 0.6 is 0 Å². The van der Waals surface area contributed by atoms with Crippen LogP contribution in [0.15, 0.2) is 47.3 Å². The Balaban J connectivity index is 1.51. The van der Waals surface area contributed by atoms with E-state index in [9.17, 15) is 9.59 Å². The number of nitrogens with zero attached hydrogens (tertiary/aromatic N) is 1. The number of amides is 1. The second kappa shape index (κ2) is 9.80. The minimum atomic E-state index is -0.715. The summed E-state index contributed by atoms with van der Waals surface area (Å²) in [5.41, 5.74) is 1.13. The molecule has 0 saturated carbocycles. The van der Waals surface area contributed by atoms with Crippen molar-refractivity contribution in [3.8, 4) is 5.75 Å². The van der Waals surface area contributed by atoms with Gasteiger partial charge in [0, 0.05) is 19.0 Å². The molecule has 2 heterocycles. The highest BCUT2D eigenvalue weighted by atomic mass is 16.6. The summed E-state index contributed by atoms with van der Waals surface area (Å²) in [4.78, 5) is 25.9. The number of fused-ring (bicyclic) bond motifs is 1. The van der Waals surface area contributed by atoms with E-state index in [0.29, 0.717) is 31.5 Å². The maximum absolute atomic E-state index is 12.8. The van der Waals surface area contributed by atoms with Gasteiger partial charge in [-0.25, -0.2) is 4.79 Å². The molecule has 2 unspecified atom stereocenters. The van der Waals surface area contributed by atoms with Gasteiger partial charge < -0.3 is 19.2 Å². The number of hydrogen-bond donors (Lipinski definition) is 1. The molecule has 0 aliphatic carbocycles. The first-order chi connectivity index (χ1) is 14.4. The standard InChI is InChI=1S/C23H30N2O5/c1-23(2,3)30-22(27)20(25(16-26)18-10-12-28-15-18)8-6-11-24-14-19-13-17-7-4-5-9-21(17)29-19/h4-5,7,9-10,12,15-16,19-20,24H,6,8,11,13-14H2,1-3H3. The van der Waals surface area contributed by atoms with E-state index in [-0.39, 0.29) is 6.10 Å². The molecular formula is C23H30N2O5. The predicted molar refractivity (Wildman–Crippen MR) is 114 cm³/mol. The third-order valence-electron chi connectivity index (χ3n) is 4.85. The Hall–Kier alpha value is -2.80. The normalized spacial score (nSPS) is 16.4. The number of ether oxygens (including phenoxy) is 2. The number of nitrogens with one attached hydrogen (secondary N) is 1. The molecule has 0 bridgehead atoms. The first kappa shape index (κ1) is 21.9. The monoisotopic (exact) mass is 414 g/mol. The average molecular weight is 415 g/mol. The Morgan fingerprint density at radius 2 is 2.13 bits per heavy atom. The van der Waals surface area contributed by atoms with Crippen molar-refractivity contribution in [3.05, 3.63) is 48.4 Å². The summed E-state index contributed by atoms with van der Waals surface area (Å²) in [5, 5.41) is 3.39. The Morgan fingerprint density at radius 1 is 1.33 bits per heavy atom. The van der Waals surface area contributed by atoms with E-state index >= 15 is 0 Å². The van der Waals surface area contributed by atoms with Crippen molar-refractivity contribution in [1.29, 1.82) is 0 Å². The third-order valence-corrected chi connectivity index (χ3v) is 4.85. The molecule has 0 fully saturated rings. The number of esters is 1. The Kier molecular flexibility index (Phi) is 7.15. The fraction of sp³-hybridized carbons (Fsp3) is 0.478. The lowest BCUT2D eigenvalue weighted by atomic mass is 10.1. The van der Waals surface area contributed by atoms with Crippen molar-refractivity contribution in [1.82, 2.24) is 5.32 Å². The van der Waals surface area contributed by atoms with Gasteiger partial charge in [-0.3, -0.25) is 9.69 Å². The van der Waals surface area contributed by atoms with Crippen LogP contribution in [0.2, 0.25) is 0 Å². The molecule has 0 radical (unpaired) electrons. The van der Waals surface area contributed by atoms with Gasteiger partial charge in [-0.05, 0) is 51.8 Å². The van der Waals surface area contributed by atoms with Gasteiger partial charge in [-0.15, -0.1) is 0 Å². The van der Waals surface area contributed by atoms with E-state index < -0.39 is 17.6 Å². The summed E-state index contributed by atoms with van der Waals surface area (Å²) in [7, 11) is 0. The highest BCUT2D eigenvalue weighted by Gasteiger charge is 2.31. The number of furan rings is 1. The van der Waals surface area contributed by atoms with Crippen LogP contribution in [0.1, 0.15) is 39.2 Å². The van der Waals surface area contributed by atoms with Gasteiger partial charge in [0.2, 0.25) is 6.41 Å². The fourth-order valence-corrected chi connectivity index (χ4v) is 3.51. The summed E-state index contributed by atoms with van der Waals surface area (Å²) in [6, 6.07) is 9.01. The maximum Gasteiger partial charge on any atom is 0.329 e. The van der Waals surface area contributed by atoms with Crippen molar-refractivity contribution < 1.29 is 23.5 Å². The molecule has 7 heteroatoms. The summed E-state index contributed by atoms with van der Waals surface area (Å²) in [6.45, 7) is 6.86. The number of rotatable bonds is 10. The first-order valence-corrected chi connectivity index (χ1v) is 10.3. The SMILES string of the molecule is CC(C)(C)OC(=O)C(CCCNCC1Cc2ccccc2O1)N(C=O)c1ccoc1. The molecule has 162 valence electrons. The van der Waals surface area contributed by atoms with Gasteiger partial charge in [0.1, 0.15) is 29.8 Å². The summed E-state index contributed by atoms with van der Waals surface area (Å²) in [6.07, 6.45) is 5.74. The molecule has 1 aliphatic rings. The van der Waals surface area contributed by atoms with Crippen LogP contribution in [-0.4, -0.2) is 43.2 Å². The molecule has 3 rings (SSSR count). The lowest BCUT2D eigenvalue weighted by Gasteiger charge is -2.29. The molecule has 30 heavy (non-hydrogen) atoms. The largest absolute Gasteiger partial charge is 0.488 e. The lowest BCUT2D eigenvalue weighted by molar-refractivity contribution is -0.157. The van der Waals surface area contributed by atoms with Crippen molar-refractivity contribution in [2.24, 2.45) is 0 Å². The first-order valence-electron chi connectivity index (χ1n) is 10.3. The Bertz CT molecular complexity index is 803. The van der Waals surface area contributed by atoms with Crippen molar-refractivity contribution in [2.45, 2.75) is 57.8 Å². The van der Waals surface area contributed by atoms with E-state index in [1.54, 1.807) is 6.07 Å². The Morgan fingerprint density at radius 3 is 2.80 bits per heavy atom. The van der Waals surface area contributed by atoms with Crippen LogP contribution in [0.3, 0.4) is 0 Å². The molecule has 0 saturated heterocycles. The second-order valence-corrected chi connectivity index (χ2v) is 8.44. The molecule has 7 nitrogen and oxygen atoms in total. The predicted octanol–water partition coefficient (Wildman–Crippen LogP) is 3.33. The van der Waals surface area contributed by atoms with Gasteiger partial charge in [0.25, 0.3) is 0 Å². The molecule has 1 aromatic heterocycles.